The Balaban J connectivity index is 3.47. The summed E-state index contributed by atoms with van der Waals surface area (Å²) in [6.45, 7) is -0.881. The van der Waals surface area contributed by atoms with Crippen molar-refractivity contribution in [2.24, 2.45) is 0 Å². The summed E-state index contributed by atoms with van der Waals surface area (Å²) in [6.07, 6.45) is -1.34. The molecule has 0 aromatic rings. The van der Waals surface area contributed by atoms with Gasteiger partial charge in [0, 0.05) is 6.42 Å². The maximum absolute atomic E-state index is 11.5. The van der Waals surface area contributed by atoms with E-state index < -0.39 is 16.6 Å². The Morgan fingerprint density at radius 1 is 1.44 bits per heavy atom. The maximum Gasteiger partial charge on any atom is 0.193 e. The largest absolute Gasteiger partial charge is 0.390 e. The lowest BCUT2D eigenvalue weighted by atomic mass is 10.3. The highest BCUT2D eigenvalue weighted by atomic mass is 35.6. The normalized spacial score (nSPS) is 15.7. The zero-order valence-electron chi connectivity index (χ0n) is 4.45. The van der Waals surface area contributed by atoms with Gasteiger partial charge in [0.1, 0.15) is 6.67 Å². The van der Waals surface area contributed by atoms with Gasteiger partial charge < -0.3 is 5.11 Å². The summed E-state index contributed by atoms with van der Waals surface area (Å²) in [6, 6.07) is 0. The van der Waals surface area contributed by atoms with Crippen LogP contribution in [0.4, 0.5) is 4.39 Å². The Morgan fingerprint density at radius 2 is 1.89 bits per heavy atom. The number of hydrogen-bond donors (Lipinski definition) is 1. The Morgan fingerprint density at radius 3 is 2.00 bits per heavy atom. The molecule has 0 rings (SSSR count). The summed E-state index contributed by atoms with van der Waals surface area (Å²) in [4.78, 5) is 0. The van der Waals surface area contributed by atoms with Crippen molar-refractivity contribution in [1.82, 2.24) is 0 Å². The molecule has 0 saturated carbocycles. The zero-order valence-corrected chi connectivity index (χ0v) is 6.72. The number of aliphatic hydroxyl groups is 1. The topological polar surface area (TPSA) is 20.2 Å². The van der Waals surface area contributed by atoms with Crippen molar-refractivity contribution < 1.29 is 9.50 Å². The highest BCUT2D eigenvalue weighted by molar-refractivity contribution is 6.67. The highest BCUT2D eigenvalue weighted by Gasteiger charge is 2.23. The molecule has 0 aromatic heterocycles. The fourth-order valence-corrected chi connectivity index (χ4v) is 0.856. The Bertz CT molecular complexity index is 82.4. The zero-order chi connectivity index (χ0) is 7.49. The number of alkyl halides is 4. The molecule has 9 heavy (non-hydrogen) atoms. The van der Waals surface area contributed by atoms with Gasteiger partial charge in [-0.05, 0) is 0 Å². The standard InChI is InChI=1S/C4H6Cl3FO/c5-4(6,7)1-3(9)2-8/h3,9H,1-2H2. The van der Waals surface area contributed by atoms with Gasteiger partial charge >= 0.3 is 0 Å². The molecule has 5 heteroatoms. The quantitative estimate of drug-likeness (QED) is 0.669. The average molecular weight is 195 g/mol. The molecule has 0 heterocycles. The molecule has 0 bridgehead atoms. The van der Waals surface area contributed by atoms with Crippen LogP contribution in [0.15, 0.2) is 0 Å². The van der Waals surface area contributed by atoms with E-state index in [2.05, 4.69) is 0 Å². The lowest BCUT2D eigenvalue weighted by Crippen LogP contribution is -2.17. The van der Waals surface area contributed by atoms with E-state index in [1.165, 1.54) is 0 Å². The van der Waals surface area contributed by atoms with Crippen molar-refractivity contribution in [3.8, 4) is 0 Å². The number of rotatable bonds is 2. The van der Waals surface area contributed by atoms with Gasteiger partial charge in [-0.25, -0.2) is 4.39 Å². The van der Waals surface area contributed by atoms with Crippen LogP contribution in [0, 0.1) is 0 Å². The smallest absolute Gasteiger partial charge is 0.193 e. The van der Waals surface area contributed by atoms with Gasteiger partial charge in [0.25, 0.3) is 0 Å². The van der Waals surface area contributed by atoms with E-state index in [1.54, 1.807) is 0 Å². The second-order valence-electron chi connectivity index (χ2n) is 1.63. The van der Waals surface area contributed by atoms with Crippen LogP contribution in [0.3, 0.4) is 0 Å². The molecule has 1 N–H and O–H groups in total. The summed E-state index contributed by atoms with van der Waals surface area (Å²) in [5.41, 5.74) is 0. The first-order valence-electron chi connectivity index (χ1n) is 2.26. The van der Waals surface area contributed by atoms with Crippen molar-refractivity contribution >= 4 is 34.8 Å². The van der Waals surface area contributed by atoms with Crippen LogP contribution in [0.1, 0.15) is 6.42 Å². The van der Waals surface area contributed by atoms with E-state index in [-0.39, 0.29) is 6.42 Å². The predicted octanol–water partition coefficient (Wildman–Crippen LogP) is 2.08. The minimum atomic E-state index is -1.55. The first kappa shape index (κ1) is 9.76. The van der Waals surface area contributed by atoms with Crippen LogP contribution in [0.5, 0.6) is 0 Å². The third kappa shape index (κ3) is 6.65. The summed E-state index contributed by atoms with van der Waals surface area (Å²) < 4.78 is 9.94. The van der Waals surface area contributed by atoms with Gasteiger partial charge in [0.15, 0.2) is 3.79 Å². The van der Waals surface area contributed by atoms with Crippen LogP contribution >= 0.6 is 34.8 Å². The monoisotopic (exact) mass is 194 g/mol. The SMILES string of the molecule is OC(CF)CC(Cl)(Cl)Cl. The molecular weight excluding hydrogens is 189 g/mol. The minimum absolute atomic E-state index is 0.172. The van der Waals surface area contributed by atoms with Gasteiger partial charge in [0.05, 0.1) is 6.10 Å². The summed E-state index contributed by atoms with van der Waals surface area (Å²) in [5.74, 6) is 0. The molecule has 0 fully saturated rings. The van der Waals surface area contributed by atoms with Crippen LogP contribution in [-0.2, 0) is 0 Å². The molecule has 1 unspecified atom stereocenters. The summed E-state index contributed by atoms with van der Waals surface area (Å²) >= 11 is 15.6. The minimum Gasteiger partial charge on any atom is -0.390 e. The fraction of sp³-hybridized carbons (Fsp3) is 1.00. The van der Waals surface area contributed by atoms with Crippen LogP contribution in [0.25, 0.3) is 0 Å². The third-order valence-electron chi connectivity index (χ3n) is 0.645. The molecule has 0 aromatic carbocycles. The Kier molecular flexibility index (Phi) is 4.14. The third-order valence-corrected chi connectivity index (χ3v) is 1.11. The predicted molar refractivity (Wildman–Crippen MR) is 36.9 cm³/mol. The molecule has 0 aliphatic carbocycles. The van der Waals surface area contributed by atoms with Crippen molar-refractivity contribution in [3.63, 3.8) is 0 Å². The van der Waals surface area contributed by atoms with Gasteiger partial charge in [-0.1, -0.05) is 34.8 Å². The molecule has 0 amide bonds. The van der Waals surface area contributed by atoms with Crippen molar-refractivity contribution in [1.29, 1.82) is 0 Å². The van der Waals surface area contributed by atoms with Crippen LogP contribution in [-0.4, -0.2) is 21.7 Å². The van der Waals surface area contributed by atoms with Crippen molar-refractivity contribution in [3.05, 3.63) is 0 Å². The van der Waals surface area contributed by atoms with E-state index in [0.717, 1.165) is 0 Å². The summed E-state index contributed by atoms with van der Waals surface area (Å²) in [5, 5.41) is 8.57. The molecule has 56 valence electrons. The molecular formula is C4H6Cl3FO. The lowest BCUT2D eigenvalue weighted by molar-refractivity contribution is 0.132. The maximum atomic E-state index is 11.5. The van der Waals surface area contributed by atoms with Crippen LogP contribution in [0.2, 0.25) is 0 Å². The molecule has 1 nitrogen and oxygen atoms in total. The van der Waals surface area contributed by atoms with E-state index in [9.17, 15) is 4.39 Å². The van der Waals surface area contributed by atoms with Crippen molar-refractivity contribution in [2.45, 2.75) is 16.3 Å². The van der Waals surface area contributed by atoms with Gasteiger partial charge in [0.2, 0.25) is 0 Å². The number of hydrogen-bond acceptors (Lipinski definition) is 1. The Hall–Kier alpha value is 0.760. The highest BCUT2D eigenvalue weighted by Crippen LogP contribution is 2.31. The molecule has 0 radical (unpaired) electrons. The molecule has 1 atom stereocenters. The van der Waals surface area contributed by atoms with Crippen molar-refractivity contribution in [2.75, 3.05) is 6.67 Å². The fourth-order valence-electron chi connectivity index (χ4n) is 0.322. The number of halogens is 4. The van der Waals surface area contributed by atoms with Gasteiger partial charge in [-0.2, -0.15) is 0 Å². The first-order chi connectivity index (χ1) is 3.95. The molecule has 0 saturated heterocycles. The van der Waals surface area contributed by atoms with Crippen LogP contribution < -0.4 is 0 Å². The van der Waals surface area contributed by atoms with E-state index in [0.29, 0.717) is 0 Å². The van der Waals surface area contributed by atoms with Gasteiger partial charge in [-0.15, -0.1) is 0 Å². The molecule has 0 aliphatic heterocycles. The van der Waals surface area contributed by atoms with Gasteiger partial charge in [-0.3, -0.25) is 0 Å². The number of aliphatic hydroxyl groups excluding tert-OH is 1. The average Bonchev–Trinajstić information content (AvgIpc) is 1.62. The second kappa shape index (κ2) is 3.81. The molecule has 0 spiro atoms. The summed E-state index contributed by atoms with van der Waals surface area (Å²) in [7, 11) is 0. The van der Waals surface area contributed by atoms with E-state index >= 15 is 0 Å². The van der Waals surface area contributed by atoms with E-state index in [4.69, 9.17) is 39.9 Å². The first-order valence-corrected chi connectivity index (χ1v) is 3.40. The lowest BCUT2D eigenvalue weighted by Gasteiger charge is -2.12. The molecule has 0 aliphatic rings. The second-order valence-corrected chi connectivity index (χ2v) is 4.14. The van der Waals surface area contributed by atoms with E-state index in [1.807, 2.05) is 0 Å². The Labute approximate surface area is 67.7 Å².